The first-order valence-electron chi connectivity index (χ1n) is 7.81. The standard InChI is InChI=1S/C17H21ClN2O/c18-13-9-8-12-10-16(20-15(12)11-13)17(21)19-14-6-4-2-1-3-5-7-14/h8-11,14,20H,1-7H2,(H,19,21). The van der Waals surface area contributed by atoms with Gasteiger partial charge in [-0.05, 0) is 31.0 Å². The molecule has 0 saturated heterocycles. The molecule has 0 unspecified atom stereocenters. The van der Waals surface area contributed by atoms with Gasteiger partial charge >= 0.3 is 0 Å². The van der Waals surface area contributed by atoms with Gasteiger partial charge in [0.1, 0.15) is 5.69 Å². The molecule has 4 heteroatoms. The molecule has 1 aliphatic carbocycles. The smallest absolute Gasteiger partial charge is 0.267 e. The van der Waals surface area contributed by atoms with Gasteiger partial charge in [0, 0.05) is 22.0 Å². The monoisotopic (exact) mass is 304 g/mol. The molecule has 21 heavy (non-hydrogen) atoms. The SMILES string of the molecule is O=C(NC1CCCCCCC1)c1cc2ccc(Cl)cc2[nH]1. The van der Waals surface area contributed by atoms with Gasteiger partial charge in [0.2, 0.25) is 0 Å². The molecule has 1 aromatic heterocycles. The Labute approximate surface area is 130 Å². The van der Waals surface area contributed by atoms with Gasteiger partial charge in [-0.15, -0.1) is 0 Å². The van der Waals surface area contributed by atoms with E-state index < -0.39 is 0 Å². The summed E-state index contributed by atoms with van der Waals surface area (Å²) in [5.74, 6) is -0.00658. The van der Waals surface area contributed by atoms with E-state index in [2.05, 4.69) is 10.3 Å². The predicted molar refractivity (Wildman–Crippen MR) is 86.9 cm³/mol. The van der Waals surface area contributed by atoms with Gasteiger partial charge in [0.25, 0.3) is 5.91 Å². The molecule has 1 aromatic carbocycles. The number of fused-ring (bicyclic) bond motifs is 1. The van der Waals surface area contributed by atoms with Gasteiger partial charge in [0.05, 0.1) is 0 Å². The molecular weight excluding hydrogens is 284 g/mol. The zero-order valence-electron chi connectivity index (χ0n) is 12.1. The summed E-state index contributed by atoms with van der Waals surface area (Å²) < 4.78 is 0. The number of halogens is 1. The van der Waals surface area contributed by atoms with Crippen LogP contribution in [0.5, 0.6) is 0 Å². The maximum Gasteiger partial charge on any atom is 0.267 e. The molecule has 3 rings (SSSR count). The fourth-order valence-electron chi connectivity index (χ4n) is 3.09. The van der Waals surface area contributed by atoms with Crippen LogP contribution < -0.4 is 5.32 Å². The largest absolute Gasteiger partial charge is 0.350 e. The lowest BCUT2D eigenvalue weighted by Crippen LogP contribution is -2.35. The summed E-state index contributed by atoms with van der Waals surface area (Å²) in [5, 5.41) is 4.87. The Hall–Kier alpha value is -1.48. The summed E-state index contributed by atoms with van der Waals surface area (Å²) in [6.45, 7) is 0. The number of carbonyl (C=O) groups is 1. The van der Waals surface area contributed by atoms with Crippen molar-refractivity contribution in [2.45, 2.75) is 51.0 Å². The summed E-state index contributed by atoms with van der Waals surface area (Å²) >= 11 is 5.98. The Balaban J connectivity index is 1.70. The van der Waals surface area contributed by atoms with Crippen LogP contribution in [-0.4, -0.2) is 16.9 Å². The van der Waals surface area contributed by atoms with Crippen molar-refractivity contribution in [3.63, 3.8) is 0 Å². The summed E-state index contributed by atoms with van der Waals surface area (Å²) in [6.07, 6.45) is 8.54. The van der Waals surface area contributed by atoms with Crippen LogP contribution in [0.15, 0.2) is 24.3 Å². The van der Waals surface area contributed by atoms with Crippen molar-refractivity contribution in [3.8, 4) is 0 Å². The van der Waals surface area contributed by atoms with Gasteiger partial charge in [-0.2, -0.15) is 0 Å². The van der Waals surface area contributed by atoms with Gasteiger partial charge in [-0.1, -0.05) is 49.8 Å². The number of rotatable bonds is 2. The molecule has 112 valence electrons. The lowest BCUT2D eigenvalue weighted by Gasteiger charge is -2.20. The van der Waals surface area contributed by atoms with E-state index >= 15 is 0 Å². The van der Waals surface area contributed by atoms with Crippen molar-refractivity contribution < 1.29 is 4.79 Å². The maximum atomic E-state index is 12.4. The van der Waals surface area contributed by atoms with Crippen LogP contribution >= 0.6 is 11.6 Å². The lowest BCUT2D eigenvalue weighted by atomic mass is 9.96. The summed E-state index contributed by atoms with van der Waals surface area (Å²) in [7, 11) is 0. The Morgan fingerprint density at radius 2 is 1.81 bits per heavy atom. The summed E-state index contributed by atoms with van der Waals surface area (Å²) in [6, 6.07) is 7.83. The Morgan fingerprint density at radius 1 is 1.10 bits per heavy atom. The van der Waals surface area contributed by atoms with Crippen LogP contribution in [0.4, 0.5) is 0 Å². The van der Waals surface area contributed by atoms with Crippen LogP contribution in [0.3, 0.4) is 0 Å². The maximum absolute atomic E-state index is 12.4. The summed E-state index contributed by atoms with van der Waals surface area (Å²) in [5.41, 5.74) is 1.53. The second-order valence-electron chi connectivity index (χ2n) is 5.93. The molecule has 1 aliphatic rings. The fourth-order valence-corrected chi connectivity index (χ4v) is 3.26. The van der Waals surface area contributed by atoms with Crippen LogP contribution in [0.2, 0.25) is 5.02 Å². The minimum absolute atomic E-state index is 0.00658. The minimum atomic E-state index is -0.00658. The fraction of sp³-hybridized carbons (Fsp3) is 0.471. The number of nitrogens with one attached hydrogen (secondary N) is 2. The van der Waals surface area contributed by atoms with Gasteiger partial charge in [-0.3, -0.25) is 4.79 Å². The number of hydrogen-bond acceptors (Lipinski definition) is 1. The normalized spacial score (nSPS) is 17.4. The topological polar surface area (TPSA) is 44.9 Å². The van der Waals surface area contributed by atoms with E-state index in [-0.39, 0.29) is 5.91 Å². The predicted octanol–water partition coefficient (Wildman–Crippen LogP) is 4.66. The Morgan fingerprint density at radius 3 is 2.57 bits per heavy atom. The Bertz CT molecular complexity index is 627. The second kappa shape index (κ2) is 6.52. The zero-order valence-corrected chi connectivity index (χ0v) is 12.9. The van der Waals surface area contributed by atoms with Crippen LogP contribution in [0.1, 0.15) is 55.4 Å². The number of aromatic amines is 1. The Kier molecular flexibility index (Phi) is 4.49. The number of H-pyrrole nitrogens is 1. The van der Waals surface area contributed by atoms with Crippen LogP contribution in [0.25, 0.3) is 10.9 Å². The lowest BCUT2D eigenvalue weighted by molar-refractivity contribution is 0.0926. The molecule has 3 nitrogen and oxygen atoms in total. The first-order valence-corrected chi connectivity index (χ1v) is 8.19. The molecule has 1 saturated carbocycles. The van der Waals surface area contributed by atoms with E-state index in [9.17, 15) is 4.79 Å². The molecule has 0 radical (unpaired) electrons. The molecule has 0 atom stereocenters. The molecule has 2 aromatic rings. The molecule has 1 fully saturated rings. The van der Waals surface area contributed by atoms with Crippen molar-refractivity contribution in [2.24, 2.45) is 0 Å². The number of benzene rings is 1. The quantitative estimate of drug-likeness (QED) is 0.832. The number of hydrogen-bond donors (Lipinski definition) is 2. The van der Waals surface area contributed by atoms with E-state index in [0.717, 1.165) is 23.7 Å². The number of amides is 1. The second-order valence-corrected chi connectivity index (χ2v) is 6.37. The molecular formula is C17H21ClN2O. The zero-order chi connectivity index (χ0) is 14.7. The minimum Gasteiger partial charge on any atom is -0.350 e. The van der Waals surface area contributed by atoms with Crippen molar-refractivity contribution >= 4 is 28.4 Å². The van der Waals surface area contributed by atoms with Crippen molar-refractivity contribution in [3.05, 3.63) is 35.0 Å². The van der Waals surface area contributed by atoms with E-state index in [0.29, 0.717) is 16.8 Å². The highest BCUT2D eigenvalue weighted by Crippen LogP contribution is 2.21. The van der Waals surface area contributed by atoms with Crippen molar-refractivity contribution in [1.82, 2.24) is 10.3 Å². The molecule has 0 bridgehead atoms. The molecule has 0 spiro atoms. The molecule has 1 amide bonds. The first-order chi connectivity index (χ1) is 10.2. The van der Waals surface area contributed by atoms with Crippen molar-refractivity contribution in [2.75, 3.05) is 0 Å². The molecule has 2 N–H and O–H groups in total. The third-order valence-corrected chi connectivity index (χ3v) is 4.50. The van der Waals surface area contributed by atoms with E-state index in [4.69, 9.17) is 11.6 Å². The third kappa shape index (κ3) is 3.59. The third-order valence-electron chi connectivity index (χ3n) is 4.27. The van der Waals surface area contributed by atoms with E-state index in [1.54, 1.807) is 0 Å². The molecule has 1 heterocycles. The number of aromatic nitrogens is 1. The number of carbonyl (C=O) groups excluding carboxylic acids is 1. The van der Waals surface area contributed by atoms with Gasteiger partial charge < -0.3 is 10.3 Å². The highest BCUT2D eigenvalue weighted by atomic mass is 35.5. The average Bonchev–Trinajstić information content (AvgIpc) is 2.84. The van der Waals surface area contributed by atoms with Gasteiger partial charge in [0.15, 0.2) is 0 Å². The highest BCUT2D eigenvalue weighted by Gasteiger charge is 2.16. The van der Waals surface area contributed by atoms with Gasteiger partial charge in [-0.25, -0.2) is 0 Å². The summed E-state index contributed by atoms with van der Waals surface area (Å²) in [4.78, 5) is 15.5. The highest BCUT2D eigenvalue weighted by molar-refractivity contribution is 6.31. The van der Waals surface area contributed by atoms with E-state index in [1.165, 1.54) is 32.1 Å². The van der Waals surface area contributed by atoms with Crippen LogP contribution in [0, 0.1) is 0 Å². The van der Waals surface area contributed by atoms with E-state index in [1.807, 2.05) is 24.3 Å². The molecule has 0 aliphatic heterocycles. The average molecular weight is 305 g/mol. The van der Waals surface area contributed by atoms with Crippen molar-refractivity contribution in [1.29, 1.82) is 0 Å². The van der Waals surface area contributed by atoms with Crippen LogP contribution in [-0.2, 0) is 0 Å². The first kappa shape index (κ1) is 14.5.